The van der Waals surface area contributed by atoms with E-state index in [1.807, 2.05) is 56.6 Å². The number of benzene rings is 1. The van der Waals surface area contributed by atoms with Gasteiger partial charge in [0.25, 0.3) is 0 Å². The molecule has 130 valence electrons. The van der Waals surface area contributed by atoms with Crippen molar-refractivity contribution >= 4 is 5.97 Å². The molecule has 1 heterocycles. The molecule has 6 nitrogen and oxygen atoms in total. The van der Waals surface area contributed by atoms with Gasteiger partial charge in [0.15, 0.2) is 0 Å². The van der Waals surface area contributed by atoms with Crippen LogP contribution in [0.15, 0.2) is 18.2 Å². The van der Waals surface area contributed by atoms with E-state index < -0.39 is 12.0 Å². The van der Waals surface area contributed by atoms with E-state index in [1.165, 1.54) is 0 Å². The fourth-order valence-corrected chi connectivity index (χ4v) is 3.03. The largest absolute Gasteiger partial charge is 0.497 e. The minimum absolute atomic E-state index is 0.522. The van der Waals surface area contributed by atoms with Crippen LogP contribution in [-0.4, -0.2) is 39.9 Å². The van der Waals surface area contributed by atoms with Gasteiger partial charge >= 0.3 is 5.97 Å². The number of likely N-dealkylation sites (N-methyl/N-ethyl adjacent to an activating group) is 1. The lowest BCUT2D eigenvalue weighted by atomic mass is 9.99. The van der Waals surface area contributed by atoms with Crippen molar-refractivity contribution in [1.82, 2.24) is 14.7 Å². The zero-order valence-corrected chi connectivity index (χ0v) is 15.1. The second-order valence-electron chi connectivity index (χ2n) is 6.15. The molecule has 0 spiro atoms. The summed E-state index contributed by atoms with van der Waals surface area (Å²) in [5.41, 5.74) is 4.71. The molecule has 0 radical (unpaired) electrons. The molecule has 0 saturated carbocycles. The number of aromatic nitrogens is 2. The number of ether oxygens (including phenoxy) is 1. The lowest BCUT2D eigenvalue weighted by Crippen LogP contribution is -2.31. The van der Waals surface area contributed by atoms with E-state index in [0.29, 0.717) is 6.54 Å². The molecule has 1 atom stereocenters. The van der Waals surface area contributed by atoms with Crippen molar-refractivity contribution in [1.29, 1.82) is 0 Å². The van der Waals surface area contributed by atoms with Crippen LogP contribution in [0.5, 0.6) is 5.75 Å². The molecule has 1 aromatic carbocycles. The summed E-state index contributed by atoms with van der Waals surface area (Å²) < 4.78 is 7.03. The van der Waals surface area contributed by atoms with Gasteiger partial charge in [0.05, 0.1) is 12.8 Å². The maximum Gasteiger partial charge on any atom is 0.325 e. The lowest BCUT2D eigenvalue weighted by molar-refractivity contribution is -0.143. The minimum Gasteiger partial charge on any atom is -0.497 e. The minimum atomic E-state index is -0.870. The summed E-state index contributed by atoms with van der Waals surface area (Å²) in [7, 11) is 5.33. The summed E-state index contributed by atoms with van der Waals surface area (Å²) in [6.45, 7) is 6.37. The molecule has 0 aliphatic rings. The van der Waals surface area contributed by atoms with Gasteiger partial charge < -0.3 is 9.84 Å². The average Bonchev–Trinajstić information content (AvgIpc) is 2.75. The van der Waals surface area contributed by atoms with Gasteiger partial charge in [-0.15, -0.1) is 0 Å². The number of aryl methyl sites for hydroxylation is 3. The summed E-state index contributed by atoms with van der Waals surface area (Å²) in [6.07, 6.45) is 0. The average molecular weight is 331 g/mol. The number of rotatable bonds is 6. The van der Waals surface area contributed by atoms with Crippen LogP contribution in [0.4, 0.5) is 0 Å². The van der Waals surface area contributed by atoms with E-state index in [-0.39, 0.29) is 0 Å². The maximum absolute atomic E-state index is 11.9. The van der Waals surface area contributed by atoms with Gasteiger partial charge in [-0.3, -0.25) is 14.4 Å². The number of carboxylic acids is 1. The smallest absolute Gasteiger partial charge is 0.325 e. The van der Waals surface area contributed by atoms with E-state index in [2.05, 4.69) is 5.10 Å². The molecular weight excluding hydrogens is 306 g/mol. The Hall–Kier alpha value is -2.34. The summed E-state index contributed by atoms with van der Waals surface area (Å²) in [4.78, 5) is 13.8. The third kappa shape index (κ3) is 3.43. The monoisotopic (exact) mass is 331 g/mol. The molecule has 6 heteroatoms. The van der Waals surface area contributed by atoms with Crippen molar-refractivity contribution in [3.63, 3.8) is 0 Å². The molecule has 0 bridgehead atoms. The number of carboxylic acid groups (broad SMARTS) is 1. The molecular formula is C18H25N3O3. The number of aliphatic carboxylic acids is 1. The Labute approximate surface area is 142 Å². The van der Waals surface area contributed by atoms with Gasteiger partial charge in [-0.25, -0.2) is 0 Å². The molecule has 2 aromatic rings. The molecule has 1 aromatic heterocycles. The van der Waals surface area contributed by atoms with Crippen LogP contribution < -0.4 is 4.74 Å². The highest BCUT2D eigenvalue weighted by Gasteiger charge is 2.27. The third-order valence-electron chi connectivity index (χ3n) is 4.51. The predicted molar refractivity (Wildman–Crippen MR) is 92.3 cm³/mol. The zero-order chi connectivity index (χ0) is 18.0. The lowest BCUT2D eigenvalue weighted by Gasteiger charge is -2.26. The van der Waals surface area contributed by atoms with Crippen LogP contribution in [0.3, 0.4) is 0 Å². The molecule has 0 aliphatic carbocycles. The highest BCUT2D eigenvalue weighted by atomic mass is 16.5. The van der Waals surface area contributed by atoms with Crippen molar-refractivity contribution in [3.8, 4) is 5.75 Å². The maximum atomic E-state index is 11.9. The van der Waals surface area contributed by atoms with Crippen molar-refractivity contribution in [2.45, 2.75) is 33.4 Å². The first-order valence-electron chi connectivity index (χ1n) is 7.83. The first kappa shape index (κ1) is 18.0. The molecule has 0 fully saturated rings. The van der Waals surface area contributed by atoms with E-state index in [4.69, 9.17) is 4.74 Å². The van der Waals surface area contributed by atoms with Gasteiger partial charge in [0, 0.05) is 24.8 Å². The van der Waals surface area contributed by atoms with Crippen molar-refractivity contribution in [3.05, 3.63) is 46.3 Å². The number of carbonyl (C=O) groups is 1. The summed E-state index contributed by atoms with van der Waals surface area (Å²) in [5.74, 6) is -0.146. The van der Waals surface area contributed by atoms with Crippen molar-refractivity contribution in [2.75, 3.05) is 14.2 Å². The van der Waals surface area contributed by atoms with Crippen LogP contribution in [0.1, 0.15) is 34.1 Å². The van der Waals surface area contributed by atoms with Crippen LogP contribution in [-0.2, 0) is 18.4 Å². The van der Waals surface area contributed by atoms with Crippen LogP contribution >= 0.6 is 0 Å². The Morgan fingerprint density at radius 3 is 2.50 bits per heavy atom. The Kier molecular flexibility index (Phi) is 5.29. The second kappa shape index (κ2) is 7.05. The topological polar surface area (TPSA) is 67.6 Å². The van der Waals surface area contributed by atoms with Crippen LogP contribution in [0.25, 0.3) is 0 Å². The normalized spacial score (nSPS) is 12.5. The van der Waals surface area contributed by atoms with Gasteiger partial charge in [0.1, 0.15) is 11.8 Å². The van der Waals surface area contributed by atoms with E-state index in [9.17, 15) is 9.90 Å². The quantitative estimate of drug-likeness (QED) is 0.881. The predicted octanol–water partition coefficient (Wildman–Crippen LogP) is 2.61. The standard InChI is InChI=1S/C18H25N3O3/c1-11-9-14(24-6)7-8-15(11)17(18(22)23)20(4)10-16-12(2)19-21(5)13(16)3/h7-9,17H,10H2,1-6H3,(H,22,23)/t17-/m1/s1. The Morgan fingerprint density at radius 2 is 2.04 bits per heavy atom. The summed E-state index contributed by atoms with van der Waals surface area (Å²) in [5, 5.41) is 14.2. The zero-order valence-electron chi connectivity index (χ0n) is 15.1. The Balaban J connectivity index is 2.35. The first-order chi connectivity index (χ1) is 11.3. The molecule has 0 amide bonds. The number of methoxy groups -OCH3 is 1. The molecule has 0 saturated heterocycles. The highest BCUT2D eigenvalue weighted by Crippen LogP contribution is 2.28. The van der Waals surface area contributed by atoms with E-state index >= 15 is 0 Å². The fourth-order valence-electron chi connectivity index (χ4n) is 3.03. The van der Waals surface area contributed by atoms with Gasteiger partial charge in [-0.1, -0.05) is 6.07 Å². The molecule has 0 aliphatic heterocycles. The van der Waals surface area contributed by atoms with Crippen molar-refractivity contribution in [2.24, 2.45) is 7.05 Å². The first-order valence-corrected chi connectivity index (χ1v) is 7.83. The van der Waals surface area contributed by atoms with Gasteiger partial charge in [0.2, 0.25) is 0 Å². The SMILES string of the molecule is COc1ccc([C@H](C(=O)O)N(C)Cc2c(C)nn(C)c2C)c(C)c1. The van der Waals surface area contributed by atoms with Crippen LogP contribution in [0, 0.1) is 20.8 Å². The Morgan fingerprint density at radius 1 is 1.38 bits per heavy atom. The molecule has 1 N–H and O–H groups in total. The highest BCUT2D eigenvalue weighted by molar-refractivity contribution is 5.76. The molecule has 2 rings (SSSR count). The summed E-state index contributed by atoms with van der Waals surface area (Å²) >= 11 is 0. The van der Waals surface area contributed by atoms with Gasteiger partial charge in [-0.2, -0.15) is 5.10 Å². The number of nitrogens with zero attached hydrogens (tertiary/aromatic N) is 3. The van der Waals surface area contributed by atoms with Gasteiger partial charge in [-0.05, 0) is 51.1 Å². The van der Waals surface area contributed by atoms with Crippen molar-refractivity contribution < 1.29 is 14.6 Å². The molecule has 24 heavy (non-hydrogen) atoms. The summed E-state index contributed by atoms with van der Waals surface area (Å²) in [6, 6.07) is 4.76. The molecule has 0 unspecified atom stereocenters. The van der Waals surface area contributed by atoms with Crippen LogP contribution in [0.2, 0.25) is 0 Å². The Bertz CT molecular complexity index is 752. The number of hydrogen-bond donors (Lipinski definition) is 1. The number of hydrogen-bond acceptors (Lipinski definition) is 4. The second-order valence-corrected chi connectivity index (χ2v) is 6.15. The fraction of sp³-hybridized carbons (Fsp3) is 0.444. The third-order valence-corrected chi connectivity index (χ3v) is 4.51. The van der Waals surface area contributed by atoms with E-state index in [0.717, 1.165) is 33.8 Å². The van der Waals surface area contributed by atoms with E-state index in [1.54, 1.807) is 13.2 Å².